The quantitative estimate of drug-likeness (QED) is 0.177. The Morgan fingerprint density at radius 1 is 0.831 bits per heavy atom. The van der Waals surface area contributed by atoms with E-state index in [2.05, 4.69) is 15.2 Å². The molecule has 4 fully saturated rings. The molecule has 1 aromatic heterocycles. The standard InChI is InChI=1S/C41H54N6O12/c48-23-33-34(49)35(50)36(51)38(57-33)56-28-12-18-44(19-13-28)26-8-14-45(15-9-26)37(52)32(22-24-5-6-30-31(21-24)58-40(54)43-30)59-41(55)46-16-10-27(11-17-46)47-20-7-25-3-1-2-4-29(25)42-39(47)53/h1-6,21,26-28,32-36,38,48-51H,7-20,22-23H2,(H,42,53)(H,43,54)/t32-,33-,34-,35+,36-,38-/m1/s1. The molecule has 0 saturated carbocycles. The van der Waals surface area contributed by atoms with Gasteiger partial charge in [0.15, 0.2) is 18.0 Å². The highest BCUT2D eigenvalue weighted by Crippen LogP contribution is 2.29. The normalized spacial score (nSPS) is 27.3. The number of anilines is 1. The second-order valence-corrected chi connectivity index (χ2v) is 16.3. The van der Waals surface area contributed by atoms with E-state index in [1.54, 1.807) is 28.0 Å². The van der Waals surface area contributed by atoms with Crippen molar-refractivity contribution < 1.29 is 53.4 Å². The van der Waals surface area contributed by atoms with Crippen molar-refractivity contribution in [1.82, 2.24) is 24.6 Å². The van der Waals surface area contributed by atoms with E-state index in [0.717, 1.165) is 17.7 Å². The lowest BCUT2D eigenvalue weighted by molar-refractivity contribution is -0.313. The molecule has 6 atom stereocenters. The summed E-state index contributed by atoms with van der Waals surface area (Å²) in [5.74, 6) is -0.884. The van der Waals surface area contributed by atoms with Gasteiger partial charge >= 0.3 is 17.9 Å². The Morgan fingerprint density at radius 3 is 2.29 bits per heavy atom. The number of ether oxygens (including phenoxy) is 3. The van der Waals surface area contributed by atoms with Crippen LogP contribution in [0.4, 0.5) is 15.3 Å². The number of hydrogen-bond donors (Lipinski definition) is 6. The smallest absolute Gasteiger partial charge is 0.417 e. The molecule has 0 unspecified atom stereocenters. The molecule has 18 nitrogen and oxygen atoms in total. The van der Waals surface area contributed by atoms with Crippen molar-refractivity contribution in [1.29, 1.82) is 0 Å². The van der Waals surface area contributed by atoms with Gasteiger partial charge in [0.25, 0.3) is 5.91 Å². The van der Waals surface area contributed by atoms with Gasteiger partial charge in [-0.3, -0.25) is 9.78 Å². The number of rotatable bonds is 9. The number of urea groups is 1. The average Bonchev–Trinajstić information content (AvgIpc) is 3.54. The van der Waals surface area contributed by atoms with Gasteiger partial charge in [-0.05, 0) is 74.3 Å². The van der Waals surface area contributed by atoms with Gasteiger partial charge < -0.3 is 64.0 Å². The summed E-state index contributed by atoms with van der Waals surface area (Å²) >= 11 is 0. The summed E-state index contributed by atoms with van der Waals surface area (Å²) in [6.07, 6.45) is -3.85. The van der Waals surface area contributed by atoms with Gasteiger partial charge in [-0.2, -0.15) is 0 Å². The van der Waals surface area contributed by atoms with Crippen LogP contribution in [-0.2, 0) is 31.8 Å². The molecule has 320 valence electrons. The summed E-state index contributed by atoms with van der Waals surface area (Å²) in [5.41, 5.74) is 3.44. The molecule has 8 rings (SSSR count). The van der Waals surface area contributed by atoms with Gasteiger partial charge in [-0.25, -0.2) is 14.4 Å². The maximum absolute atomic E-state index is 14.2. The van der Waals surface area contributed by atoms with Gasteiger partial charge in [0, 0.05) is 70.0 Å². The van der Waals surface area contributed by atoms with Gasteiger partial charge in [0.05, 0.1) is 18.2 Å². The van der Waals surface area contributed by atoms with Crippen LogP contribution in [0.3, 0.4) is 0 Å². The molecule has 6 heterocycles. The number of fused-ring (bicyclic) bond motifs is 2. The average molecular weight is 823 g/mol. The number of aromatic amines is 1. The summed E-state index contributed by atoms with van der Waals surface area (Å²) in [5, 5.41) is 43.2. The number of H-pyrrole nitrogens is 1. The van der Waals surface area contributed by atoms with Crippen LogP contribution in [0.1, 0.15) is 49.7 Å². The fourth-order valence-corrected chi connectivity index (χ4v) is 9.21. The SMILES string of the molecule is O=C(O[C@H](Cc1ccc2[nH]c(=O)oc2c1)C(=O)N1CCC(N2CCC(O[C@@H]3O[C@H](CO)[C@@H](O)[C@H](O)[C@H]3O)CC2)CC1)N1CCC(N2CCc3ccccc3NC2=O)CC1. The Balaban J connectivity index is 0.857. The molecular formula is C41H54N6O12. The monoisotopic (exact) mass is 822 g/mol. The first kappa shape index (κ1) is 41.2. The van der Waals surface area contributed by atoms with E-state index in [9.17, 15) is 39.6 Å². The van der Waals surface area contributed by atoms with Gasteiger partial charge in [0.2, 0.25) is 0 Å². The van der Waals surface area contributed by atoms with E-state index in [4.69, 9.17) is 18.6 Å². The molecule has 0 bridgehead atoms. The number of benzene rings is 2. The maximum Gasteiger partial charge on any atom is 0.417 e. The number of para-hydroxylation sites is 1. The number of piperidine rings is 3. The van der Waals surface area contributed by atoms with E-state index >= 15 is 0 Å². The molecule has 2 aromatic carbocycles. The number of aliphatic hydroxyl groups excluding tert-OH is 4. The van der Waals surface area contributed by atoms with Crippen molar-refractivity contribution in [3.63, 3.8) is 0 Å². The van der Waals surface area contributed by atoms with E-state index < -0.39 is 55.3 Å². The third kappa shape index (κ3) is 9.13. The number of hydrogen-bond acceptors (Lipinski definition) is 13. The molecule has 5 aliphatic rings. The number of carbonyl (C=O) groups excluding carboxylic acids is 3. The lowest BCUT2D eigenvalue weighted by atomic mass is 9.97. The third-order valence-corrected chi connectivity index (χ3v) is 12.7. The van der Waals surface area contributed by atoms with Crippen molar-refractivity contribution in [2.75, 3.05) is 57.7 Å². The molecule has 0 radical (unpaired) electrons. The van der Waals surface area contributed by atoms with Crippen LogP contribution in [0.25, 0.3) is 11.1 Å². The minimum absolute atomic E-state index is 0.0458. The second-order valence-electron chi connectivity index (χ2n) is 16.3. The number of likely N-dealkylation sites (tertiary alicyclic amines) is 3. The molecule has 18 heteroatoms. The number of carbonyl (C=O) groups is 3. The predicted octanol–water partition coefficient (Wildman–Crippen LogP) is 0.995. The number of nitrogens with one attached hydrogen (secondary N) is 2. The minimum atomic E-state index is -1.50. The van der Waals surface area contributed by atoms with Crippen LogP contribution in [0.5, 0.6) is 0 Å². The molecule has 59 heavy (non-hydrogen) atoms. The first-order chi connectivity index (χ1) is 28.5. The highest BCUT2D eigenvalue weighted by Gasteiger charge is 2.45. The van der Waals surface area contributed by atoms with Crippen LogP contribution >= 0.6 is 0 Å². The number of oxazole rings is 1. The van der Waals surface area contributed by atoms with Crippen LogP contribution in [0, 0.1) is 0 Å². The first-order valence-corrected chi connectivity index (χ1v) is 20.8. The zero-order chi connectivity index (χ0) is 41.2. The predicted molar refractivity (Wildman–Crippen MR) is 210 cm³/mol. The fraction of sp³-hybridized carbons (Fsp3) is 0.610. The van der Waals surface area contributed by atoms with Gasteiger partial charge in [-0.15, -0.1) is 0 Å². The fourth-order valence-electron chi connectivity index (χ4n) is 9.21. The molecule has 3 aromatic rings. The van der Waals surface area contributed by atoms with Crippen molar-refractivity contribution in [2.45, 2.75) is 106 Å². The molecular weight excluding hydrogens is 768 g/mol. The van der Waals surface area contributed by atoms with Crippen molar-refractivity contribution in [3.8, 4) is 0 Å². The second kappa shape index (κ2) is 18.0. The third-order valence-electron chi connectivity index (χ3n) is 12.7. The Bertz CT molecular complexity index is 2000. The summed E-state index contributed by atoms with van der Waals surface area (Å²) in [7, 11) is 0. The Labute approximate surface area is 340 Å². The zero-order valence-corrected chi connectivity index (χ0v) is 32.9. The van der Waals surface area contributed by atoms with E-state index in [1.807, 2.05) is 29.2 Å². The highest BCUT2D eigenvalue weighted by atomic mass is 16.7. The molecule has 0 aliphatic carbocycles. The molecule has 6 N–H and O–H groups in total. The number of amides is 4. The summed E-state index contributed by atoms with van der Waals surface area (Å²) < 4.78 is 22.8. The summed E-state index contributed by atoms with van der Waals surface area (Å²) in [6.45, 7) is 3.17. The molecule has 4 saturated heterocycles. The van der Waals surface area contributed by atoms with E-state index in [-0.39, 0.29) is 36.5 Å². The lowest BCUT2D eigenvalue weighted by Crippen LogP contribution is -2.60. The Morgan fingerprint density at radius 2 is 1.54 bits per heavy atom. The lowest BCUT2D eigenvalue weighted by Gasteiger charge is -2.44. The minimum Gasteiger partial charge on any atom is -0.436 e. The molecule has 4 amide bonds. The largest absolute Gasteiger partial charge is 0.436 e. The maximum atomic E-state index is 14.2. The zero-order valence-electron chi connectivity index (χ0n) is 32.9. The Hall–Kier alpha value is -4.56. The van der Waals surface area contributed by atoms with Gasteiger partial charge in [0.1, 0.15) is 24.4 Å². The summed E-state index contributed by atoms with van der Waals surface area (Å²) in [6, 6.07) is 13.0. The number of nitrogens with zero attached hydrogens (tertiary/aromatic N) is 4. The summed E-state index contributed by atoms with van der Waals surface area (Å²) in [4.78, 5) is 63.2. The van der Waals surface area contributed by atoms with Crippen molar-refractivity contribution >= 4 is 34.8 Å². The number of aromatic nitrogens is 1. The van der Waals surface area contributed by atoms with Crippen LogP contribution in [0.15, 0.2) is 51.7 Å². The van der Waals surface area contributed by atoms with Gasteiger partial charge in [-0.1, -0.05) is 24.3 Å². The number of aliphatic hydroxyl groups is 4. The van der Waals surface area contributed by atoms with Crippen LogP contribution in [0.2, 0.25) is 0 Å². The highest BCUT2D eigenvalue weighted by molar-refractivity contribution is 5.91. The molecule has 5 aliphatic heterocycles. The Kier molecular flexibility index (Phi) is 12.5. The topological polar surface area (TPSA) is 231 Å². The van der Waals surface area contributed by atoms with Crippen LogP contribution < -0.4 is 11.1 Å². The van der Waals surface area contributed by atoms with E-state index in [0.29, 0.717) is 101 Å². The molecule has 0 spiro atoms. The van der Waals surface area contributed by atoms with E-state index in [1.165, 1.54) is 0 Å². The first-order valence-electron chi connectivity index (χ1n) is 20.8. The van der Waals surface area contributed by atoms with Crippen molar-refractivity contribution in [3.05, 3.63) is 64.1 Å². The van der Waals surface area contributed by atoms with Crippen molar-refractivity contribution in [2.24, 2.45) is 0 Å². The van der Waals surface area contributed by atoms with Crippen LogP contribution in [-0.4, -0.2) is 170 Å².